The van der Waals surface area contributed by atoms with E-state index in [0.29, 0.717) is 0 Å². The molecular weight excluding hydrogens is 760 g/mol. The molecule has 0 saturated heterocycles. The van der Waals surface area contributed by atoms with Gasteiger partial charge >= 0.3 is 25.4 Å². The van der Waals surface area contributed by atoms with E-state index in [1.54, 1.807) is 0 Å². The Kier molecular flexibility index (Phi) is 12.6. The Morgan fingerprint density at radius 2 is 0.673 bits per heavy atom. The number of ether oxygens (including phenoxy) is 1. The van der Waals surface area contributed by atoms with Crippen LogP contribution < -0.4 is 31.8 Å². The zero-order chi connectivity index (χ0) is 35.0. The van der Waals surface area contributed by atoms with E-state index in [1.807, 2.05) is 0 Å². The van der Waals surface area contributed by atoms with Crippen molar-refractivity contribution in [1.29, 1.82) is 0 Å². The summed E-state index contributed by atoms with van der Waals surface area (Å²) < 4.78 is 4.11. The number of carbonyl (C=O) groups excluding carboxylic acids is 1. The van der Waals surface area contributed by atoms with E-state index in [1.165, 1.54) is 78.5 Å². The Bertz CT molecular complexity index is 2140. The molecule has 0 aliphatic rings. The van der Waals surface area contributed by atoms with Crippen LogP contribution in [0.5, 0.6) is 0 Å². The van der Waals surface area contributed by atoms with Crippen molar-refractivity contribution in [1.82, 2.24) is 0 Å². The fourth-order valence-corrected chi connectivity index (χ4v) is 11.5. The van der Waals surface area contributed by atoms with E-state index in [2.05, 4.69) is 199 Å². The average Bonchev–Trinajstić information content (AvgIpc) is 3.20. The molecule has 52 heavy (non-hydrogen) atoms. The predicted molar refractivity (Wildman–Crippen MR) is 222 cm³/mol. The first kappa shape index (κ1) is 37.0. The second-order valence-electron chi connectivity index (χ2n) is 12.1. The molecule has 0 spiro atoms. The first-order chi connectivity index (χ1) is 25.1. The Morgan fingerprint density at radius 3 is 0.962 bits per heavy atom. The van der Waals surface area contributed by atoms with Crippen LogP contribution in [0.25, 0.3) is 32.7 Å². The Morgan fingerprint density at radius 1 is 0.404 bits per heavy atom. The second-order valence-corrected chi connectivity index (χ2v) is 16.4. The summed E-state index contributed by atoms with van der Waals surface area (Å²) >= 11 is 0. The molecule has 2 nitrogen and oxygen atoms in total. The number of methoxy groups -OCH3 is 1. The molecule has 0 heterocycles. The minimum absolute atomic E-state index is 0. The number of benzene rings is 8. The summed E-state index contributed by atoms with van der Waals surface area (Å²) in [7, 11) is -0.354. The first-order valence-electron chi connectivity index (χ1n) is 17.0. The smallest absolute Gasteiger partial charge is 0.469 e. The van der Waals surface area contributed by atoms with Gasteiger partial charge in [-0.3, -0.25) is 4.79 Å². The molecule has 0 atom stereocenters. The van der Waals surface area contributed by atoms with Gasteiger partial charge in [0.2, 0.25) is 0 Å². The van der Waals surface area contributed by atoms with Crippen LogP contribution in [0, 0.1) is 0 Å². The van der Waals surface area contributed by atoms with Crippen molar-refractivity contribution in [3.05, 3.63) is 194 Å². The normalized spacial score (nSPS) is 10.8. The number of hydrogen-bond acceptors (Lipinski definition) is 2. The van der Waals surface area contributed by atoms with E-state index < -0.39 is 15.8 Å². The molecular formula is C47H38O2P2Ru+2. The number of hydrogen-bond donors (Lipinski definition) is 0. The Balaban J connectivity index is 0.000000726. The summed E-state index contributed by atoms with van der Waals surface area (Å²) in [5, 5.41) is 13.3. The minimum atomic E-state index is -0.852. The summed E-state index contributed by atoms with van der Waals surface area (Å²) in [6, 6.07) is 71.8. The molecule has 254 valence electrons. The van der Waals surface area contributed by atoms with Crippen LogP contribution in [0.2, 0.25) is 0 Å². The summed E-state index contributed by atoms with van der Waals surface area (Å²) in [6.45, 7) is 1.36. The summed E-state index contributed by atoms with van der Waals surface area (Å²) in [4.78, 5) is 9.59. The molecule has 0 bridgehead atoms. The summed E-state index contributed by atoms with van der Waals surface area (Å²) in [5.74, 6) is -0.245. The number of fused-ring (bicyclic) bond motifs is 2. The largest absolute Gasteiger partial charge is 2.00 e. The SMILES string of the molecule is COC(C)=O.[Ru+2].c1ccc(P(c2ccccc2)c2ccc3ccccc3c2-c2c(P(c3ccccc3)c3ccccc3)ccc3ccccc23)cc1. The zero-order valence-electron chi connectivity index (χ0n) is 29.0. The van der Waals surface area contributed by atoms with E-state index in [0.717, 1.165) is 0 Å². The Hall–Kier alpha value is -4.77. The van der Waals surface area contributed by atoms with Crippen LogP contribution >= 0.6 is 15.8 Å². The van der Waals surface area contributed by atoms with Gasteiger partial charge in [-0.2, -0.15) is 0 Å². The maximum Gasteiger partial charge on any atom is 2.00 e. The quantitative estimate of drug-likeness (QED) is 0.0914. The van der Waals surface area contributed by atoms with Crippen LogP contribution in [0.15, 0.2) is 194 Å². The van der Waals surface area contributed by atoms with Gasteiger partial charge in [0.25, 0.3) is 0 Å². The number of carbonyl (C=O) groups is 1. The topological polar surface area (TPSA) is 26.3 Å². The molecule has 0 unspecified atom stereocenters. The summed E-state index contributed by atoms with van der Waals surface area (Å²) in [6.07, 6.45) is 0. The fourth-order valence-electron chi connectivity index (χ4n) is 6.58. The molecule has 0 N–H and O–H groups in total. The monoisotopic (exact) mass is 798 g/mol. The van der Waals surface area contributed by atoms with Crippen LogP contribution in [0.1, 0.15) is 6.92 Å². The van der Waals surface area contributed by atoms with E-state index in [4.69, 9.17) is 0 Å². The van der Waals surface area contributed by atoms with Gasteiger partial charge in [0, 0.05) is 6.92 Å². The molecule has 8 aromatic carbocycles. The fraction of sp³-hybridized carbons (Fsp3) is 0.0426. The van der Waals surface area contributed by atoms with E-state index >= 15 is 0 Å². The maximum atomic E-state index is 9.59. The third-order valence-electron chi connectivity index (χ3n) is 8.89. The maximum absolute atomic E-state index is 9.59. The summed E-state index contributed by atoms with van der Waals surface area (Å²) in [5.41, 5.74) is 2.70. The number of esters is 1. The Labute approximate surface area is 321 Å². The van der Waals surface area contributed by atoms with Crippen LogP contribution in [0.4, 0.5) is 0 Å². The van der Waals surface area contributed by atoms with Crippen molar-refractivity contribution in [2.75, 3.05) is 7.11 Å². The standard InChI is InChI=1S/C44H32P2.C3H6O2.Ru/c1-5-19-35(20-6-1)45(36-21-7-2-8-22-36)41-31-29-33-17-13-15-27-39(33)43(41)44-40-28-16-14-18-34(40)30-32-42(44)46(37-23-9-3-10-24-37)38-25-11-4-12-26-38;1-3(4)5-2;/h1-32H;1-2H3;/q;;+2. The third-order valence-corrected chi connectivity index (χ3v) is 13.9. The van der Waals surface area contributed by atoms with Gasteiger partial charge < -0.3 is 4.74 Å². The van der Waals surface area contributed by atoms with Gasteiger partial charge in [-0.05, 0) is 80.3 Å². The zero-order valence-corrected chi connectivity index (χ0v) is 32.6. The predicted octanol–water partition coefficient (Wildman–Crippen LogP) is 9.35. The van der Waals surface area contributed by atoms with Crippen molar-refractivity contribution in [3.63, 3.8) is 0 Å². The third kappa shape index (κ3) is 7.99. The van der Waals surface area contributed by atoms with Gasteiger partial charge in [0.15, 0.2) is 0 Å². The van der Waals surface area contributed by atoms with Crippen molar-refractivity contribution >= 4 is 75.2 Å². The molecule has 8 rings (SSSR count). The van der Waals surface area contributed by atoms with Crippen LogP contribution in [0.3, 0.4) is 0 Å². The average molecular weight is 798 g/mol. The molecule has 0 amide bonds. The minimum Gasteiger partial charge on any atom is -0.469 e. The molecule has 0 saturated carbocycles. The van der Waals surface area contributed by atoms with Crippen molar-refractivity contribution < 1.29 is 29.0 Å². The van der Waals surface area contributed by atoms with Gasteiger partial charge in [0.1, 0.15) is 0 Å². The van der Waals surface area contributed by atoms with Crippen molar-refractivity contribution in [2.24, 2.45) is 0 Å². The van der Waals surface area contributed by atoms with Crippen LogP contribution in [-0.2, 0) is 29.0 Å². The molecule has 8 aromatic rings. The van der Waals surface area contributed by atoms with Gasteiger partial charge in [-0.1, -0.05) is 194 Å². The van der Waals surface area contributed by atoms with Gasteiger partial charge in [0.05, 0.1) is 7.11 Å². The molecule has 0 aliphatic heterocycles. The van der Waals surface area contributed by atoms with E-state index in [-0.39, 0.29) is 25.4 Å². The van der Waals surface area contributed by atoms with Gasteiger partial charge in [-0.15, -0.1) is 0 Å². The van der Waals surface area contributed by atoms with Gasteiger partial charge in [-0.25, -0.2) is 0 Å². The van der Waals surface area contributed by atoms with Crippen LogP contribution in [-0.4, -0.2) is 13.1 Å². The molecule has 0 radical (unpaired) electrons. The first-order valence-corrected chi connectivity index (χ1v) is 19.7. The molecule has 5 heteroatoms. The molecule has 0 aromatic heterocycles. The second kappa shape index (κ2) is 17.6. The van der Waals surface area contributed by atoms with E-state index in [9.17, 15) is 4.79 Å². The van der Waals surface area contributed by atoms with Crippen molar-refractivity contribution in [3.8, 4) is 11.1 Å². The number of rotatable bonds is 7. The molecule has 0 fully saturated rings. The van der Waals surface area contributed by atoms with Crippen molar-refractivity contribution in [2.45, 2.75) is 6.92 Å². The molecule has 0 aliphatic carbocycles.